The molecule has 0 atom stereocenters. The van der Waals surface area contributed by atoms with Gasteiger partial charge in [0.05, 0.1) is 12.2 Å². The van der Waals surface area contributed by atoms with Crippen molar-refractivity contribution in [2.45, 2.75) is 0 Å². The van der Waals surface area contributed by atoms with Crippen molar-refractivity contribution in [3.63, 3.8) is 0 Å². The van der Waals surface area contributed by atoms with Gasteiger partial charge in [-0.2, -0.15) is 0 Å². The lowest BCUT2D eigenvalue weighted by Gasteiger charge is -2.17. The molecular formula is C9H13BrN4. The van der Waals surface area contributed by atoms with E-state index in [1.54, 1.807) is 5.01 Å². The summed E-state index contributed by atoms with van der Waals surface area (Å²) < 4.78 is 0. The standard InChI is InChI=1S/C9H12N4.BrH/c10-13(9-11-6-7-12-9)8-4-2-1-3-5-8;/h1-5H,6-7,10H2,(H,11,12);1H. The number of para-hydroxylation sites is 1. The molecule has 0 saturated heterocycles. The Morgan fingerprint density at radius 3 is 2.57 bits per heavy atom. The van der Waals surface area contributed by atoms with E-state index in [0.29, 0.717) is 0 Å². The molecule has 1 aliphatic heterocycles. The second kappa shape index (κ2) is 4.97. The molecule has 0 unspecified atom stereocenters. The number of benzene rings is 1. The van der Waals surface area contributed by atoms with Gasteiger partial charge in [-0.15, -0.1) is 17.0 Å². The summed E-state index contributed by atoms with van der Waals surface area (Å²) in [5, 5.41) is 4.67. The van der Waals surface area contributed by atoms with Gasteiger partial charge in [0.15, 0.2) is 0 Å². The third-order valence-corrected chi connectivity index (χ3v) is 1.92. The number of halogens is 1. The zero-order chi connectivity index (χ0) is 9.10. The van der Waals surface area contributed by atoms with Crippen molar-refractivity contribution in [1.82, 2.24) is 5.32 Å². The Bertz CT molecular complexity index is 312. The fourth-order valence-electron chi connectivity index (χ4n) is 1.26. The number of rotatable bonds is 1. The van der Waals surface area contributed by atoms with Crippen LogP contribution in [0.3, 0.4) is 0 Å². The summed E-state index contributed by atoms with van der Waals surface area (Å²) in [6, 6.07) is 9.75. The Labute approximate surface area is 93.5 Å². The first-order valence-electron chi connectivity index (χ1n) is 4.26. The van der Waals surface area contributed by atoms with E-state index in [4.69, 9.17) is 5.84 Å². The fraction of sp³-hybridized carbons (Fsp3) is 0.222. The van der Waals surface area contributed by atoms with E-state index >= 15 is 0 Å². The second-order valence-electron chi connectivity index (χ2n) is 2.84. The SMILES string of the molecule is Br.NN(C1=NCCN1)c1ccccc1. The third-order valence-electron chi connectivity index (χ3n) is 1.92. The summed E-state index contributed by atoms with van der Waals surface area (Å²) in [5.41, 5.74) is 0.940. The van der Waals surface area contributed by atoms with Crippen LogP contribution in [0.1, 0.15) is 0 Å². The van der Waals surface area contributed by atoms with Gasteiger partial charge >= 0.3 is 0 Å². The highest BCUT2D eigenvalue weighted by Crippen LogP contribution is 2.09. The lowest BCUT2D eigenvalue weighted by Crippen LogP contribution is -2.43. The van der Waals surface area contributed by atoms with Gasteiger partial charge in [-0.25, -0.2) is 15.8 Å². The summed E-state index contributed by atoms with van der Waals surface area (Å²) in [7, 11) is 0. The van der Waals surface area contributed by atoms with E-state index in [-0.39, 0.29) is 17.0 Å². The average Bonchev–Trinajstić information content (AvgIpc) is 2.71. The van der Waals surface area contributed by atoms with Crippen LogP contribution >= 0.6 is 17.0 Å². The zero-order valence-electron chi connectivity index (χ0n) is 7.68. The predicted octanol–water partition coefficient (Wildman–Crippen LogP) is 0.904. The topological polar surface area (TPSA) is 53.6 Å². The second-order valence-corrected chi connectivity index (χ2v) is 2.84. The average molecular weight is 257 g/mol. The van der Waals surface area contributed by atoms with Crippen LogP contribution in [0.25, 0.3) is 0 Å². The van der Waals surface area contributed by atoms with E-state index in [9.17, 15) is 0 Å². The summed E-state index contributed by atoms with van der Waals surface area (Å²) >= 11 is 0. The number of guanidine groups is 1. The van der Waals surface area contributed by atoms with Crippen LogP contribution in [0.4, 0.5) is 5.69 Å². The lowest BCUT2D eigenvalue weighted by molar-refractivity contribution is 0.943. The largest absolute Gasteiger partial charge is 0.353 e. The number of anilines is 1. The van der Waals surface area contributed by atoms with Gasteiger partial charge in [-0.05, 0) is 12.1 Å². The highest BCUT2D eigenvalue weighted by atomic mass is 79.9. The van der Waals surface area contributed by atoms with E-state index in [0.717, 1.165) is 24.7 Å². The minimum absolute atomic E-state index is 0. The van der Waals surface area contributed by atoms with Gasteiger partial charge < -0.3 is 5.32 Å². The molecule has 0 amide bonds. The summed E-state index contributed by atoms with van der Waals surface area (Å²) in [6.07, 6.45) is 0. The van der Waals surface area contributed by atoms with E-state index in [1.165, 1.54) is 0 Å². The van der Waals surface area contributed by atoms with Crippen LogP contribution in [0.5, 0.6) is 0 Å². The maximum Gasteiger partial charge on any atom is 0.213 e. The smallest absolute Gasteiger partial charge is 0.213 e. The zero-order valence-corrected chi connectivity index (χ0v) is 9.39. The van der Waals surface area contributed by atoms with Crippen molar-refractivity contribution in [1.29, 1.82) is 0 Å². The van der Waals surface area contributed by atoms with Crippen molar-refractivity contribution in [2.24, 2.45) is 10.8 Å². The predicted molar refractivity (Wildman–Crippen MR) is 63.7 cm³/mol. The highest BCUT2D eigenvalue weighted by molar-refractivity contribution is 8.93. The van der Waals surface area contributed by atoms with Crippen molar-refractivity contribution in [3.05, 3.63) is 30.3 Å². The number of hydrazine groups is 1. The summed E-state index contributed by atoms with van der Waals surface area (Å²) in [6.45, 7) is 1.67. The van der Waals surface area contributed by atoms with Gasteiger partial charge in [-0.1, -0.05) is 18.2 Å². The number of nitrogens with one attached hydrogen (secondary N) is 1. The molecule has 5 heteroatoms. The number of aliphatic imine (C=N–C) groups is 1. The Kier molecular flexibility index (Phi) is 3.91. The first kappa shape index (κ1) is 11.0. The molecule has 0 aromatic heterocycles. The van der Waals surface area contributed by atoms with Crippen molar-refractivity contribution < 1.29 is 0 Å². The lowest BCUT2D eigenvalue weighted by atomic mass is 10.3. The molecule has 1 aliphatic rings. The Morgan fingerprint density at radius 2 is 2.00 bits per heavy atom. The molecule has 0 saturated carbocycles. The molecule has 0 bridgehead atoms. The third kappa shape index (κ3) is 2.24. The Morgan fingerprint density at radius 1 is 1.29 bits per heavy atom. The minimum atomic E-state index is 0. The van der Waals surface area contributed by atoms with E-state index < -0.39 is 0 Å². The number of hydrogen-bond acceptors (Lipinski definition) is 4. The van der Waals surface area contributed by atoms with Crippen molar-refractivity contribution in [2.75, 3.05) is 18.1 Å². The molecule has 4 nitrogen and oxygen atoms in total. The number of nitrogens with zero attached hydrogens (tertiary/aromatic N) is 2. The number of hydrogen-bond donors (Lipinski definition) is 2. The molecular weight excluding hydrogens is 244 g/mol. The van der Waals surface area contributed by atoms with Crippen molar-refractivity contribution >= 4 is 28.6 Å². The molecule has 14 heavy (non-hydrogen) atoms. The fourth-order valence-corrected chi connectivity index (χ4v) is 1.26. The summed E-state index contributed by atoms with van der Waals surface area (Å²) in [5.74, 6) is 6.58. The summed E-state index contributed by atoms with van der Waals surface area (Å²) in [4.78, 5) is 4.22. The highest BCUT2D eigenvalue weighted by Gasteiger charge is 2.11. The van der Waals surface area contributed by atoms with Gasteiger partial charge in [0.25, 0.3) is 0 Å². The van der Waals surface area contributed by atoms with Gasteiger partial charge in [0.1, 0.15) is 0 Å². The molecule has 0 fully saturated rings. The van der Waals surface area contributed by atoms with Crippen LogP contribution < -0.4 is 16.2 Å². The Balaban J connectivity index is 0.000000980. The first-order chi connectivity index (χ1) is 6.38. The van der Waals surface area contributed by atoms with Gasteiger partial charge in [0, 0.05) is 6.54 Å². The maximum atomic E-state index is 5.84. The monoisotopic (exact) mass is 256 g/mol. The molecule has 1 heterocycles. The first-order valence-corrected chi connectivity index (χ1v) is 4.26. The van der Waals surface area contributed by atoms with E-state index in [1.807, 2.05) is 30.3 Å². The maximum absolute atomic E-state index is 5.84. The molecule has 76 valence electrons. The van der Waals surface area contributed by atoms with Crippen LogP contribution in [0.2, 0.25) is 0 Å². The molecule has 3 N–H and O–H groups in total. The van der Waals surface area contributed by atoms with Crippen LogP contribution in [-0.2, 0) is 0 Å². The molecule has 1 aromatic carbocycles. The minimum Gasteiger partial charge on any atom is -0.353 e. The van der Waals surface area contributed by atoms with Gasteiger partial charge in [-0.3, -0.25) is 0 Å². The number of nitrogens with two attached hydrogens (primary N) is 1. The molecule has 0 spiro atoms. The normalized spacial score (nSPS) is 13.9. The molecule has 0 aliphatic carbocycles. The quantitative estimate of drug-likeness (QED) is 0.580. The van der Waals surface area contributed by atoms with E-state index in [2.05, 4.69) is 10.3 Å². The van der Waals surface area contributed by atoms with Crippen LogP contribution in [0, 0.1) is 0 Å². The Hall–Kier alpha value is -1.07. The van der Waals surface area contributed by atoms with Crippen molar-refractivity contribution in [3.8, 4) is 0 Å². The molecule has 2 rings (SSSR count). The van der Waals surface area contributed by atoms with Crippen LogP contribution in [0.15, 0.2) is 35.3 Å². The molecule has 1 aromatic rings. The molecule has 0 radical (unpaired) electrons. The van der Waals surface area contributed by atoms with Crippen LogP contribution in [-0.4, -0.2) is 19.0 Å². The van der Waals surface area contributed by atoms with Gasteiger partial charge in [0.2, 0.25) is 5.96 Å².